The van der Waals surface area contributed by atoms with Crippen molar-refractivity contribution in [3.8, 4) is 0 Å². The molecule has 7 atom stereocenters. The van der Waals surface area contributed by atoms with Gasteiger partial charge < -0.3 is 40.3 Å². The van der Waals surface area contributed by atoms with Crippen molar-refractivity contribution in [2.24, 2.45) is 0 Å². The van der Waals surface area contributed by atoms with Crippen LogP contribution in [0.25, 0.3) is 0 Å². The first-order valence-electron chi connectivity index (χ1n) is 36.4. The molecule has 482 valence electrons. The summed E-state index contributed by atoms with van der Waals surface area (Å²) in [4.78, 5) is 13.1. The summed E-state index contributed by atoms with van der Waals surface area (Å²) in [5, 5.41) is 54.7. The standard InChI is InChI=1S/C72H141NO8/c1-3-5-7-9-11-13-15-17-19-21-23-24-25-26-27-28-29-30-31-32-33-34-35-36-37-38-39-40-41-42-44-46-48-50-52-54-56-58-60-62-68(76)73-65(64-80-72-71(79)70(78)69(77)67(63-74)81-72)66(75)61-59-57-55-53-51-49-47-45-43-22-20-18-16-14-12-10-8-6-4-2/h59,61,65-67,69-72,74-75,77-79H,3-58,60,62-64H2,1-2H3,(H,73,76)/b61-59+. The zero-order chi connectivity index (χ0) is 58.6. The van der Waals surface area contributed by atoms with Crippen molar-refractivity contribution in [3.63, 3.8) is 0 Å². The van der Waals surface area contributed by atoms with Crippen molar-refractivity contribution in [3.05, 3.63) is 12.2 Å². The predicted octanol–water partition coefficient (Wildman–Crippen LogP) is 19.9. The molecular formula is C72H141NO8. The summed E-state index contributed by atoms with van der Waals surface area (Å²) < 4.78 is 11.3. The minimum atomic E-state index is -1.56. The van der Waals surface area contributed by atoms with E-state index in [1.165, 1.54) is 327 Å². The number of unbranched alkanes of at least 4 members (excludes halogenated alkanes) is 55. The SMILES string of the molecule is CCCCCCCCCCCCCCCCCCC/C=C/C(O)C(COC1OC(CO)C(O)C(O)C1O)NC(=O)CCCCCCCCCCCCCCCCCCCCCCCCCCCCCCCCCCCCCCCCC. The lowest BCUT2D eigenvalue weighted by Gasteiger charge is -2.40. The minimum Gasteiger partial charge on any atom is -0.394 e. The molecule has 6 N–H and O–H groups in total. The van der Waals surface area contributed by atoms with Crippen LogP contribution in [-0.2, 0) is 14.3 Å². The predicted molar refractivity (Wildman–Crippen MR) is 346 cm³/mol. The van der Waals surface area contributed by atoms with E-state index in [1.54, 1.807) is 6.08 Å². The van der Waals surface area contributed by atoms with Crippen LogP contribution in [0, 0.1) is 0 Å². The number of amides is 1. The molecule has 1 aliphatic rings. The van der Waals surface area contributed by atoms with Crippen molar-refractivity contribution in [2.45, 2.75) is 429 Å². The lowest BCUT2D eigenvalue weighted by Crippen LogP contribution is -2.60. The molecule has 1 aliphatic heterocycles. The fourth-order valence-electron chi connectivity index (χ4n) is 12.2. The molecule has 0 aromatic carbocycles. The molecule has 7 unspecified atom stereocenters. The fourth-order valence-corrected chi connectivity index (χ4v) is 12.2. The van der Waals surface area contributed by atoms with Gasteiger partial charge in [-0.05, 0) is 19.3 Å². The molecule has 81 heavy (non-hydrogen) atoms. The third-order valence-electron chi connectivity index (χ3n) is 17.9. The molecule has 0 spiro atoms. The van der Waals surface area contributed by atoms with Crippen LogP contribution in [0.2, 0.25) is 0 Å². The molecule has 1 fully saturated rings. The monoisotopic (exact) mass is 1150 g/mol. The molecule has 0 aromatic rings. The number of aliphatic hydroxyl groups is 5. The number of hydrogen-bond donors (Lipinski definition) is 6. The van der Waals surface area contributed by atoms with Crippen LogP contribution in [0.1, 0.15) is 386 Å². The van der Waals surface area contributed by atoms with Gasteiger partial charge in [-0.1, -0.05) is 373 Å². The van der Waals surface area contributed by atoms with E-state index in [0.29, 0.717) is 6.42 Å². The van der Waals surface area contributed by atoms with Crippen LogP contribution < -0.4 is 5.32 Å². The maximum Gasteiger partial charge on any atom is 0.220 e. The Bertz CT molecular complexity index is 1280. The van der Waals surface area contributed by atoms with Crippen molar-refractivity contribution in [2.75, 3.05) is 13.2 Å². The third kappa shape index (κ3) is 50.8. The van der Waals surface area contributed by atoms with Crippen molar-refractivity contribution < 1.29 is 39.8 Å². The van der Waals surface area contributed by atoms with Gasteiger partial charge in [0, 0.05) is 6.42 Å². The highest BCUT2D eigenvalue weighted by atomic mass is 16.7. The molecule has 9 nitrogen and oxygen atoms in total. The second-order valence-corrected chi connectivity index (χ2v) is 25.8. The summed E-state index contributed by atoms with van der Waals surface area (Å²) in [6, 6.07) is -0.802. The first kappa shape index (κ1) is 77.9. The number of ether oxygens (including phenoxy) is 2. The molecular weight excluding hydrogens is 1010 g/mol. The van der Waals surface area contributed by atoms with Crippen LogP contribution in [0.4, 0.5) is 0 Å². The van der Waals surface area contributed by atoms with E-state index < -0.39 is 49.5 Å². The van der Waals surface area contributed by atoms with Gasteiger partial charge >= 0.3 is 0 Å². The van der Waals surface area contributed by atoms with E-state index in [2.05, 4.69) is 19.2 Å². The van der Waals surface area contributed by atoms with Gasteiger partial charge in [0.15, 0.2) is 6.29 Å². The summed E-state index contributed by atoms with van der Waals surface area (Å²) in [5.74, 6) is -0.167. The summed E-state index contributed by atoms with van der Waals surface area (Å²) in [5.41, 5.74) is 0. The van der Waals surface area contributed by atoms with E-state index in [4.69, 9.17) is 9.47 Å². The fraction of sp³-hybridized carbons (Fsp3) is 0.958. The lowest BCUT2D eigenvalue weighted by molar-refractivity contribution is -0.302. The highest BCUT2D eigenvalue weighted by Crippen LogP contribution is 2.24. The van der Waals surface area contributed by atoms with E-state index in [9.17, 15) is 30.3 Å². The molecule has 0 radical (unpaired) electrons. The van der Waals surface area contributed by atoms with Crippen LogP contribution in [-0.4, -0.2) is 87.5 Å². The molecule has 1 heterocycles. The molecule has 9 heteroatoms. The smallest absolute Gasteiger partial charge is 0.220 e. The summed E-state index contributed by atoms with van der Waals surface area (Å²) in [7, 11) is 0. The van der Waals surface area contributed by atoms with Crippen LogP contribution in [0.3, 0.4) is 0 Å². The maximum atomic E-state index is 13.1. The average Bonchev–Trinajstić information content (AvgIpc) is 3.51. The first-order chi connectivity index (χ1) is 39.8. The van der Waals surface area contributed by atoms with Gasteiger partial charge in [0.25, 0.3) is 0 Å². The number of hydrogen-bond acceptors (Lipinski definition) is 8. The van der Waals surface area contributed by atoms with E-state index in [0.717, 1.165) is 38.5 Å². The van der Waals surface area contributed by atoms with Crippen molar-refractivity contribution in [1.82, 2.24) is 5.32 Å². The first-order valence-corrected chi connectivity index (χ1v) is 36.4. The molecule has 1 saturated heterocycles. The third-order valence-corrected chi connectivity index (χ3v) is 17.9. The molecule has 0 saturated carbocycles. The maximum absolute atomic E-state index is 13.1. The van der Waals surface area contributed by atoms with Gasteiger partial charge in [-0.25, -0.2) is 0 Å². The Hall–Kier alpha value is -1.07. The highest BCUT2D eigenvalue weighted by Gasteiger charge is 2.44. The van der Waals surface area contributed by atoms with Crippen LogP contribution in [0.15, 0.2) is 12.2 Å². The highest BCUT2D eigenvalue weighted by molar-refractivity contribution is 5.76. The molecule has 0 bridgehead atoms. The quantitative estimate of drug-likeness (QED) is 0.0261. The number of carbonyl (C=O) groups is 1. The lowest BCUT2D eigenvalue weighted by atomic mass is 9.99. The normalized spacial score (nSPS) is 18.3. The Balaban J connectivity index is 2.03. The van der Waals surface area contributed by atoms with Gasteiger partial charge in [0.05, 0.1) is 25.4 Å². The summed E-state index contributed by atoms with van der Waals surface area (Å²) in [6.45, 7) is 3.84. The Morgan fingerprint density at radius 3 is 0.963 bits per heavy atom. The van der Waals surface area contributed by atoms with E-state index in [1.807, 2.05) is 6.08 Å². The summed E-state index contributed by atoms with van der Waals surface area (Å²) in [6.07, 6.45) is 73.5. The Kier molecular flexibility index (Phi) is 59.7. The molecule has 0 aliphatic carbocycles. The second-order valence-electron chi connectivity index (χ2n) is 25.8. The Morgan fingerprint density at radius 2 is 0.679 bits per heavy atom. The number of allylic oxidation sites excluding steroid dienone is 1. The average molecular weight is 1150 g/mol. The van der Waals surface area contributed by atoms with Gasteiger partial charge in [0.1, 0.15) is 24.4 Å². The molecule has 0 aromatic heterocycles. The zero-order valence-corrected chi connectivity index (χ0v) is 54.1. The van der Waals surface area contributed by atoms with Crippen molar-refractivity contribution in [1.29, 1.82) is 0 Å². The molecule has 1 rings (SSSR count). The number of nitrogens with one attached hydrogen (secondary N) is 1. The van der Waals surface area contributed by atoms with E-state index in [-0.39, 0.29) is 12.5 Å². The van der Waals surface area contributed by atoms with Gasteiger partial charge in [-0.2, -0.15) is 0 Å². The molecule has 1 amide bonds. The van der Waals surface area contributed by atoms with Crippen LogP contribution in [0.5, 0.6) is 0 Å². The summed E-state index contributed by atoms with van der Waals surface area (Å²) >= 11 is 0. The second kappa shape index (κ2) is 62.0. The van der Waals surface area contributed by atoms with E-state index >= 15 is 0 Å². The van der Waals surface area contributed by atoms with Crippen molar-refractivity contribution >= 4 is 5.91 Å². The van der Waals surface area contributed by atoms with Crippen LogP contribution >= 0.6 is 0 Å². The van der Waals surface area contributed by atoms with Gasteiger partial charge in [-0.3, -0.25) is 4.79 Å². The number of rotatable bonds is 65. The van der Waals surface area contributed by atoms with Gasteiger partial charge in [-0.15, -0.1) is 0 Å². The number of carbonyl (C=O) groups excluding carboxylic acids is 1. The Morgan fingerprint density at radius 1 is 0.407 bits per heavy atom. The zero-order valence-electron chi connectivity index (χ0n) is 54.1. The largest absolute Gasteiger partial charge is 0.394 e. The topological polar surface area (TPSA) is 149 Å². The van der Waals surface area contributed by atoms with Gasteiger partial charge in [0.2, 0.25) is 5.91 Å². The Labute approximate surface area is 503 Å². The number of aliphatic hydroxyl groups excluding tert-OH is 5. The minimum absolute atomic E-state index is 0.167.